The molecule has 6 nitrogen and oxygen atoms in total. The number of aliphatic imine (C=N–C) groups is 1. The zero-order valence-corrected chi connectivity index (χ0v) is 7.91. The van der Waals surface area contributed by atoms with E-state index in [1.54, 1.807) is 0 Å². The molecule has 0 saturated carbocycles. The summed E-state index contributed by atoms with van der Waals surface area (Å²) in [5.74, 6) is -1.23. The fourth-order valence-corrected chi connectivity index (χ4v) is 0.770. The predicted molar refractivity (Wildman–Crippen MR) is 45.4 cm³/mol. The number of rotatable bonds is 5. The SMILES string of the molecule is NC(N)=NCC[C](=[Fe+])[C-](N)C(=O)O. The third-order valence-electron chi connectivity index (χ3n) is 1.14. The number of hydrogen-bond acceptors (Lipinski definition) is 3. The third kappa shape index (κ3) is 5.24. The van der Waals surface area contributed by atoms with Crippen molar-refractivity contribution in [3.05, 3.63) is 6.04 Å². The fourth-order valence-electron chi connectivity index (χ4n) is 0.529. The van der Waals surface area contributed by atoms with Gasteiger partial charge in [0.25, 0.3) is 0 Å². The first-order chi connectivity index (χ1) is 5.95. The first kappa shape index (κ1) is 12.0. The molecule has 0 unspecified atom stereocenters. The maximum absolute atomic E-state index is 10.3. The quantitative estimate of drug-likeness (QED) is 0.186. The summed E-state index contributed by atoms with van der Waals surface area (Å²) in [7, 11) is 0. The van der Waals surface area contributed by atoms with E-state index in [0.29, 0.717) is 10.8 Å². The standard InChI is InChI=1S/C6H11N4O2.Fe/c7-4(5(11)12)2-1-3-10-6(8)9;/h1,3,7H2,(H,11,12)(H4,8,9,10);/q-1;+1. The molecule has 7 heteroatoms. The van der Waals surface area contributed by atoms with Crippen LogP contribution in [0.25, 0.3) is 0 Å². The Labute approximate surface area is 83.5 Å². The first-order valence-electron chi connectivity index (χ1n) is 3.36. The summed E-state index contributed by atoms with van der Waals surface area (Å²) in [6, 6.07) is -0.259. The zero-order valence-electron chi connectivity index (χ0n) is 6.80. The van der Waals surface area contributed by atoms with Gasteiger partial charge in [0.1, 0.15) is 0 Å². The summed E-state index contributed by atoms with van der Waals surface area (Å²) >= 11 is 3.48. The molecular weight excluding hydrogens is 216 g/mol. The molecule has 0 fully saturated rings. The van der Waals surface area contributed by atoms with E-state index in [0.717, 1.165) is 0 Å². The van der Waals surface area contributed by atoms with Crippen molar-refractivity contribution in [3.63, 3.8) is 0 Å². The van der Waals surface area contributed by atoms with E-state index in [1.165, 1.54) is 0 Å². The number of carboxylic acid groups (broad SMARTS) is 1. The van der Waals surface area contributed by atoms with Gasteiger partial charge in [-0.3, -0.25) is 0 Å². The molecule has 7 N–H and O–H groups in total. The number of nitrogens with zero attached hydrogens (tertiary/aromatic N) is 1. The molecule has 0 atom stereocenters. The molecule has 0 aliphatic heterocycles. The molecule has 0 aromatic carbocycles. The topological polar surface area (TPSA) is 128 Å². The minimum atomic E-state index is -1.19. The van der Waals surface area contributed by atoms with E-state index < -0.39 is 5.97 Å². The van der Waals surface area contributed by atoms with Crippen molar-refractivity contribution in [1.29, 1.82) is 0 Å². The van der Waals surface area contributed by atoms with Crippen LogP contribution in [0.5, 0.6) is 0 Å². The van der Waals surface area contributed by atoms with Crippen LogP contribution in [0.3, 0.4) is 0 Å². The Hall–Kier alpha value is -1.04. The number of aliphatic carboxylic acids is 1. The second-order valence-corrected chi connectivity index (χ2v) is 2.83. The molecule has 0 aromatic rings. The number of nitrogens with two attached hydrogens (primary N) is 3. The Kier molecular flexibility index (Phi) is 5.13. The molecule has 0 saturated heterocycles. The van der Waals surface area contributed by atoms with Crippen LogP contribution < -0.4 is 17.2 Å². The van der Waals surface area contributed by atoms with Gasteiger partial charge in [0, 0.05) is 0 Å². The second-order valence-electron chi connectivity index (χ2n) is 2.17. The van der Waals surface area contributed by atoms with Crippen LogP contribution in [0.2, 0.25) is 0 Å². The van der Waals surface area contributed by atoms with E-state index in [4.69, 9.17) is 22.3 Å². The molecule has 0 spiro atoms. The van der Waals surface area contributed by atoms with Crippen LogP contribution in [-0.4, -0.2) is 28.0 Å². The van der Waals surface area contributed by atoms with Gasteiger partial charge < -0.3 is 0 Å². The second kappa shape index (κ2) is 5.58. The van der Waals surface area contributed by atoms with Gasteiger partial charge in [0.15, 0.2) is 0 Å². The summed E-state index contributed by atoms with van der Waals surface area (Å²) in [6.45, 7) is 0.287. The van der Waals surface area contributed by atoms with Crippen molar-refractivity contribution >= 4 is 16.3 Å². The maximum atomic E-state index is 10.3. The van der Waals surface area contributed by atoms with Gasteiger partial charge in [-0.15, -0.1) is 0 Å². The Morgan fingerprint density at radius 3 is 2.46 bits per heavy atom. The van der Waals surface area contributed by atoms with E-state index in [1.807, 2.05) is 0 Å². The van der Waals surface area contributed by atoms with E-state index in [9.17, 15) is 4.79 Å². The Morgan fingerprint density at radius 2 is 2.08 bits per heavy atom. The van der Waals surface area contributed by atoms with Gasteiger partial charge in [-0.25, -0.2) is 0 Å². The van der Waals surface area contributed by atoms with E-state index in [2.05, 4.69) is 20.6 Å². The summed E-state index contributed by atoms with van der Waals surface area (Å²) < 4.78 is 0.317. The first-order valence-corrected chi connectivity index (χ1v) is 3.92. The van der Waals surface area contributed by atoms with Gasteiger partial charge in [-0.1, -0.05) is 0 Å². The van der Waals surface area contributed by atoms with E-state index in [-0.39, 0.29) is 18.5 Å². The average Bonchev–Trinajstić information content (AvgIpc) is 2.02. The summed E-state index contributed by atoms with van der Waals surface area (Å²) in [5.41, 5.74) is 15.3. The molecule has 0 aliphatic rings. The third-order valence-corrected chi connectivity index (χ3v) is 1.71. The molecule has 13 heavy (non-hydrogen) atoms. The van der Waals surface area contributed by atoms with Crippen LogP contribution in [-0.2, 0) is 20.4 Å². The number of carbonyl (C=O) groups is 1. The van der Waals surface area contributed by atoms with Gasteiger partial charge in [0.05, 0.1) is 0 Å². The van der Waals surface area contributed by atoms with Crippen molar-refractivity contribution < 1.29 is 25.5 Å². The molecule has 75 valence electrons. The van der Waals surface area contributed by atoms with Crippen molar-refractivity contribution in [2.45, 2.75) is 6.42 Å². The van der Waals surface area contributed by atoms with Gasteiger partial charge in [-0.2, -0.15) is 0 Å². The molecular formula is C6H11FeN4O2. The average molecular weight is 227 g/mol. The number of carboxylic acids is 1. The fraction of sp³-hybridized carbons (Fsp3) is 0.333. The molecule has 0 radical (unpaired) electrons. The monoisotopic (exact) mass is 227 g/mol. The molecule has 0 rings (SSSR count). The van der Waals surface area contributed by atoms with Crippen LogP contribution in [0.1, 0.15) is 6.42 Å². The Balaban J connectivity index is 3.89. The number of hydrogen-bond donors (Lipinski definition) is 4. The summed E-state index contributed by atoms with van der Waals surface area (Å²) in [4.78, 5) is 14.0. The summed E-state index contributed by atoms with van der Waals surface area (Å²) in [6.07, 6.45) is 0.329. The number of guanidine groups is 1. The molecule has 0 aliphatic carbocycles. The molecule has 0 bridgehead atoms. The van der Waals surface area contributed by atoms with Crippen LogP contribution in [0.15, 0.2) is 4.99 Å². The van der Waals surface area contributed by atoms with Gasteiger partial charge in [-0.05, 0) is 0 Å². The van der Waals surface area contributed by atoms with Crippen molar-refractivity contribution in [3.8, 4) is 0 Å². The molecule has 0 aromatic heterocycles. The predicted octanol–water partition coefficient (Wildman–Crippen LogP) is -2.06. The van der Waals surface area contributed by atoms with Crippen molar-refractivity contribution in [2.75, 3.05) is 6.54 Å². The van der Waals surface area contributed by atoms with Crippen molar-refractivity contribution in [2.24, 2.45) is 22.2 Å². The van der Waals surface area contributed by atoms with Crippen molar-refractivity contribution in [1.82, 2.24) is 0 Å². The van der Waals surface area contributed by atoms with Crippen LogP contribution in [0, 0.1) is 6.04 Å². The van der Waals surface area contributed by atoms with E-state index >= 15 is 0 Å². The zero-order chi connectivity index (χ0) is 10.4. The Morgan fingerprint density at radius 1 is 1.54 bits per heavy atom. The molecule has 0 amide bonds. The van der Waals surface area contributed by atoms with Crippen LogP contribution >= 0.6 is 0 Å². The normalized spacial score (nSPS) is 9.00. The summed E-state index contributed by atoms with van der Waals surface area (Å²) in [5, 5.41) is 8.45. The van der Waals surface area contributed by atoms with Gasteiger partial charge in [0.2, 0.25) is 0 Å². The Bertz CT molecular complexity index is 237. The molecule has 0 heterocycles. The van der Waals surface area contributed by atoms with Crippen LogP contribution in [0.4, 0.5) is 0 Å². The van der Waals surface area contributed by atoms with Gasteiger partial charge >= 0.3 is 83.0 Å². The minimum absolute atomic E-state index is 0.0401.